The number of aryl methyl sites for hydroxylation is 1. The highest BCUT2D eigenvalue weighted by molar-refractivity contribution is 7.91. The van der Waals surface area contributed by atoms with Gasteiger partial charge in [-0.05, 0) is 36.8 Å². The normalized spacial score (nSPS) is 11.7. The Morgan fingerprint density at radius 2 is 1.46 bits per heavy atom. The van der Waals surface area contributed by atoms with Crippen molar-refractivity contribution >= 4 is 20.8 Å². The number of rotatable bonds is 4. The second-order valence-electron chi connectivity index (χ2n) is 6.33. The van der Waals surface area contributed by atoms with E-state index in [2.05, 4.69) is 0 Å². The molecule has 4 aromatic rings. The van der Waals surface area contributed by atoms with Gasteiger partial charge in [0.25, 0.3) is 0 Å². The zero-order chi connectivity index (χ0) is 18.1. The molecular formula is C22H18O3S. The van der Waals surface area contributed by atoms with Crippen molar-refractivity contribution in [3.05, 3.63) is 95.7 Å². The Balaban J connectivity index is 1.92. The largest absolute Gasteiger partial charge is 0.459 e. The molecule has 0 radical (unpaired) electrons. The van der Waals surface area contributed by atoms with Crippen LogP contribution in [0, 0.1) is 6.92 Å². The molecule has 0 fully saturated rings. The SMILES string of the molecule is Cc1ccc(S(=O)(=O)c2c(Cc3ccccc3)oc3ccccc23)cc1. The van der Waals surface area contributed by atoms with Crippen LogP contribution in [0.1, 0.15) is 16.9 Å². The molecule has 4 rings (SSSR count). The van der Waals surface area contributed by atoms with Crippen molar-refractivity contribution in [3.8, 4) is 0 Å². The summed E-state index contributed by atoms with van der Waals surface area (Å²) in [5, 5.41) is 0.624. The highest BCUT2D eigenvalue weighted by atomic mass is 32.2. The van der Waals surface area contributed by atoms with E-state index in [1.165, 1.54) is 0 Å². The molecule has 3 aromatic carbocycles. The fourth-order valence-corrected chi connectivity index (χ4v) is 4.70. The number of furan rings is 1. The van der Waals surface area contributed by atoms with Crippen LogP contribution in [0.15, 0.2) is 93.1 Å². The van der Waals surface area contributed by atoms with E-state index < -0.39 is 9.84 Å². The van der Waals surface area contributed by atoms with E-state index in [9.17, 15) is 8.42 Å². The van der Waals surface area contributed by atoms with E-state index in [-0.39, 0.29) is 9.79 Å². The number of hydrogen-bond donors (Lipinski definition) is 0. The van der Waals surface area contributed by atoms with Crippen LogP contribution in [0.4, 0.5) is 0 Å². The van der Waals surface area contributed by atoms with Crippen LogP contribution in [-0.2, 0) is 16.3 Å². The first-order chi connectivity index (χ1) is 12.6. The molecule has 130 valence electrons. The van der Waals surface area contributed by atoms with Crippen molar-refractivity contribution in [2.75, 3.05) is 0 Å². The number of sulfone groups is 1. The monoisotopic (exact) mass is 362 g/mol. The summed E-state index contributed by atoms with van der Waals surface area (Å²) < 4.78 is 32.7. The highest BCUT2D eigenvalue weighted by Crippen LogP contribution is 2.35. The maximum absolute atomic E-state index is 13.4. The third kappa shape index (κ3) is 2.93. The third-order valence-corrected chi connectivity index (χ3v) is 6.30. The number of fused-ring (bicyclic) bond motifs is 1. The minimum Gasteiger partial charge on any atom is -0.459 e. The fraction of sp³-hybridized carbons (Fsp3) is 0.0909. The molecule has 0 spiro atoms. The predicted molar refractivity (Wildman–Crippen MR) is 102 cm³/mol. The summed E-state index contributed by atoms with van der Waals surface area (Å²) in [4.78, 5) is 0.546. The van der Waals surface area contributed by atoms with E-state index >= 15 is 0 Å². The maximum Gasteiger partial charge on any atom is 0.210 e. The van der Waals surface area contributed by atoms with Gasteiger partial charge >= 0.3 is 0 Å². The molecule has 0 aliphatic rings. The molecule has 0 aliphatic heterocycles. The fourth-order valence-electron chi connectivity index (χ4n) is 3.10. The molecule has 4 heteroatoms. The molecule has 0 bridgehead atoms. The zero-order valence-electron chi connectivity index (χ0n) is 14.3. The lowest BCUT2D eigenvalue weighted by Crippen LogP contribution is -2.04. The van der Waals surface area contributed by atoms with Gasteiger partial charge in [-0.3, -0.25) is 0 Å². The Bertz CT molecular complexity index is 1160. The zero-order valence-corrected chi connectivity index (χ0v) is 15.2. The van der Waals surface area contributed by atoms with Gasteiger partial charge in [0.1, 0.15) is 16.2 Å². The molecule has 3 nitrogen and oxygen atoms in total. The Morgan fingerprint density at radius 3 is 2.19 bits per heavy atom. The third-order valence-electron chi connectivity index (χ3n) is 4.43. The molecule has 1 aromatic heterocycles. The molecular weight excluding hydrogens is 344 g/mol. The Kier molecular flexibility index (Phi) is 4.13. The first kappa shape index (κ1) is 16.6. The van der Waals surface area contributed by atoms with Crippen molar-refractivity contribution in [1.82, 2.24) is 0 Å². The second-order valence-corrected chi connectivity index (χ2v) is 8.22. The van der Waals surface area contributed by atoms with Gasteiger partial charge in [0.05, 0.1) is 4.90 Å². The lowest BCUT2D eigenvalue weighted by molar-refractivity contribution is 0.543. The second kappa shape index (κ2) is 6.46. The van der Waals surface area contributed by atoms with Gasteiger partial charge in [-0.25, -0.2) is 8.42 Å². The smallest absolute Gasteiger partial charge is 0.210 e. The van der Waals surface area contributed by atoms with E-state index in [0.29, 0.717) is 23.2 Å². The molecule has 0 unspecified atom stereocenters. The van der Waals surface area contributed by atoms with Crippen LogP contribution in [-0.4, -0.2) is 8.42 Å². The van der Waals surface area contributed by atoms with E-state index in [4.69, 9.17) is 4.42 Å². The van der Waals surface area contributed by atoms with Crippen LogP contribution in [0.3, 0.4) is 0 Å². The van der Waals surface area contributed by atoms with Crippen molar-refractivity contribution in [3.63, 3.8) is 0 Å². The summed E-state index contributed by atoms with van der Waals surface area (Å²) >= 11 is 0. The predicted octanol–water partition coefficient (Wildman–Crippen LogP) is 5.16. The Hall–Kier alpha value is -2.85. The molecule has 0 aliphatic carbocycles. The lowest BCUT2D eigenvalue weighted by Gasteiger charge is -2.07. The van der Waals surface area contributed by atoms with Gasteiger partial charge in [-0.2, -0.15) is 0 Å². The van der Waals surface area contributed by atoms with Gasteiger partial charge in [0.2, 0.25) is 9.84 Å². The molecule has 0 saturated heterocycles. The number of benzene rings is 3. The average Bonchev–Trinajstić information content (AvgIpc) is 3.01. The molecule has 26 heavy (non-hydrogen) atoms. The summed E-state index contributed by atoms with van der Waals surface area (Å²) in [6.07, 6.45) is 0.427. The average molecular weight is 362 g/mol. The molecule has 0 N–H and O–H groups in total. The van der Waals surface area contributed by atoms with Crippen LogP contribution in [0.5, 0.6) is 0 Å². The summed E-state index contributed by atoms with van der Waals surface area (Å²) in [7, 11) is -3.68. The first-order valence-corrected chi connectivity index (χ1v) is 9.90. The minimum absolute atomic E-state index is 0.265. The van der Waals surface area contributed by atoms with Gasteiger partial charge in [0, 0.05) is 11.8 Å². The molecule has 0 saturated carbocycles. The molecule has 1 heterocycles. The Morgan fingerprint density at radius 1 is 0.808 bits per heavy atom. The van der Waals surface area contributed by atoms with Crippen molar-refractivity contribution in [2.45, 2.75) is 23.1 Å². The van der Waals surface area contributed by atoms with Crippen LogP contribution in [0.2, 0.25) is 0 Å². The number of para-hydroxylation sites is 1. The van der Waals surface area contributed by atoms with Crippen LogP contribution >= 0.6 is 0 Å². The standard InChI is InChI=1S/C22H18O3S/c1-16-11-13-18(14-12-16)26(23,24)22-19-9-5-6-10-20(19)25-21(22)15-17-7-3-2-4-8-17/h2-14H,15H2,1H3. The summed E-state index contributed by atoms with van der Waals surface area (Å²) in [5.41, 5.74) is 2.61. The molecule has 0 atom stereocenters. The van der Waals surface area contributed by atoms with Crippen molar-refractivity contribution in [1.29, 1.82) is 0 Å². The molecule has 0 amide bonds. The highest BCUT2D eigenvalue weighted by Gasteiger charge is 2.27. The topological polar surface area (TPSA) is 47.3 Å². The lowest BCUT2D eigenvalue weighted by atomic mass is 10.1. The first-order valence-electron chi connectivity index (χ1n) is 8.42. The van der Waals surface area contributed by atoms with E-state index in [0.717, 1.165) is 11.1 Å². The summed E-state index contributed by atoms with van der Waals surface area (Å²) in [6.45, 7) is 1.93. The maximum atomic E-state index is 13.4. The summed E-state index contributed by atoms with van der Waals surface area (Å²) in [6, 6.07) is 24.0. The van der Waals surface area contributed by atoms with Crippen LogP contribution in [0.25, 0.3) is 11.0 Å². The van der Waals surface area contributed by atoms with E-state index in [1.54, 1.807) is 24.3 Å². The number of hydrogen-bond acceptors (Lipinski definition) is 3. The summed E-state index contributed by atoms with van der Waals surface area (Å²) in [5.74, 6) is 0.470. The van der Waals surface area contributed by atoms with Crippen LogP contribution < -0.4 is 0 Å². The minimum atomic E-state index is -3.68. The van der Waals surface area contributed by atoms with Gasteiger partial charge in [-0.1, -0.05) is 60.2 Å². The van der Waals surface area contributed by atoms with Crippen molar-refractivity contribution < 1.29 is 12.8 Å². The van der Waals surface area contributed by atoms with Gasteiger partial charge in [0.15, 0.2) is 0 Å². The van der Waals surface area contributed by atoms with Gasteiger partial charge < -0.3 is 4.42 Å². The Labute approximate surface area is 152 Å². The van der Waals surface area contributed by atoms with Crippen molar-refractivity contribution in [2.24, 2.45) is 0 Å². The van der Waals surface area contributed by atoms with Gasteiger partial charge in [-0.15, -0.1) is 0 Å². The quantitative estimate of drug-likeness (QED) is 0.503. The van der Waals surface area contributed by atoms with E-state index in [1.807, 2.05) is 61.5 Å².